The van der Waals surface area contributed by atoms with E-state index < -0.39 is 11.8 Å². The van der Waals surface area contributed by atoms with Gasteiger partial charge >= 0.3 is 6.03 Å². The smallest absolute Gasteiger partial charge is 0.323 e. The summed E-state index contributed by atoms with van der Waals surface area (Å²) in [4.78, 5) is 28.7. The van der Waals surface area contributed by atoms with Crippen molar-refractivity contribution in [3.05, 3.63) is 66.4 Å². The SMILES string of the molecule is CNC(=O)c1cc2c(Nc3ccc(NC(=O)Nc4cnn(C)c4)cc3F)ccnc2cc1OC. The highest BCUT2D eigenvalue weighted by Gasteiger charge is 2.15. The zero-order valence-electron chi connectivity index (χ0n) is 18.6. The third-order valence-corrected chi connectivity index (χ3v) is 4.99. The Balaban J connectivity index is 1.57. The number of carbonyl (C=O) groups excluding carboxylic acids is 2. The Morgan fingerprint density at radius 1 is 1.06 bits per heavy atom. The average molecular weight is 463 g/mol. The van der Waals surface area contributed by atoms with Gasteiger partial charge in [0.25, 0.3) is 5.91 Å². The van der Waals surface area contributed by atoms with Crippen molar-refractivity contribution < 1.29 is 18.7 Å². The number of carbonyl (C=O) groups is 2. The van der Waals surface area contributed by atoms with Gasteiger partial charge in [-0.2, -0.15) is 5.10 Å². The summed E-state index contributed by atoms with van der Waals surface area (Å²) < 4.78 is 21.7. The van der Waals surface area contributed by atoms with E-state index in [2.05, 4.69) is 31.3 Å². The summed E-state index contributed by atoms with van der Waals surface area (Å²) in [5.74, 6) is -0.522. The molecule has 0 saturated carbocycles. The lowest BCUT2D eigenvalue weighted by molar-refractivity contribution is 0.0960. The second kappa shape index (κ2) is 9.45. The van der Waals surface area contributed by atoms with Crippen LogP contribution in [-0.2, 0) is 7.05 Å². The molecule has 2 heterocycles. The second-order valence-corrected chi connectivity index (χ2v) is 7.31. The molecule has 0 spiro atoms. The van der Waals surface area contributed by atoms with Crippen LogP contribution < -0.4 is 26.0 Å². The van der Waals surface area contributed by atoms with Crippen LogP contribution in [0.15, 0.2) is 55.0 Å². The number of benzene rings is 2. The van der Waals surface area contributed by atoms with Crippen LogP contribution in [0.2, 0.25) is 0 Å². The molecule has 0 aliphatic heterocycles. The first kappa shape index (κ1) is 22.5. The van der Waals surface area contributed by atoms with Gasteiger partial charge in [0, 0.05) is 49.3 Å². The van der Waals surface area contributed by atoms with Crippen molar-refractivity contribution >= 4 is 45.6 Å². The summed E-state index contributed by atoms with van der Waals surface area (Å²) in [6.45, 7) is 0. The molecular weight excluding hydrogens is 441 g/mol. The molecule has 0 bridgehead atoms. The van der Waals surface area contributed by atoms with Crippen LogP contribution >= 0.6 is 0 Å². The van der Waals surface area contributed by atoms with E-state index in [0.717, 1.165) is 0 Å². The van der Waals surface area contributed by atoms with Crippen molar-refractivity contribution in [3.8, 4) is 5.75 Å². The highest BCUT2D eigenvalue weighted by molar-refractivity contribution is 6.04. The molecule has 2 aromatic carbocycles. The summed E-state index contributed by atoms with van der Waals surface area (Å²) in [7, 11) is 4.72. The molecular formula is C23H22FN7O3. The molecule has 2 aromatic heterocycles. The maximum Gasteiger partial charge on any atom is 0.323 e. The van der Waals surface area contributed by atoms with E-state index in [9.17, 15) is 14.0 Å². The summed E-state index contributed by atoms with van der Waals surface area (Å²) in [5.41, 5.74) is 2.41. The summed E-state index contributed by atoms with van der Waals surface area (Å²) in [6, 6.07) is 8.71. The van der Waals surface area contributed by atoms with Gasteiger partial charge < -0.3 is 26.0 Å². The van der Waals surface area contributed by atoms with E-state index in [0.29, 0.717) is 33.6 Å². The number of ether oxygens (including phenoxy) is 1. The van der Waals surface area contributed by atoms with Crippen molar-refractivity contribution in [2.24, 2.45) is 7.05 Å². The number of anilines is 4. The van der Waals surface area contributed by atoms with Crippen molar-refractivity contribution in [2.75, 3.05) is 30.1 Å². The highest BCUT2D eigenvalue weighted by Crippen LogP contribution is 2.32. The number of nitrogens with zero attached hydrogens (tertiary/aromatic N) is 3. The number of hydrogen-bond acceptors (Lipinski definition) is 6. The van der Waals surface area contributed by atoms with Gasteiger partial charge in [0.05, 0.1) is 35.8 Å². The Morgan fingerprint density at radius 3 is 2.53 bits per heavy atom. The van der Waals surface area contributed by atoms with Gasteiger partial charge in [0.2, 0.25) is 0 Å². The molecule has 10 nitrogen and oxygen atoms in total. The number of amides is 3. The van der Waals surface area contributed by atoms with Gasteiger partial charge in [-0.3, -0.25) is 14.5 Å². The first-order chi connectivity index (χ1) is 16.4. The van der Waals surface area contributed by atoms with Crippen LogP contribution in [0.1, 0.15) is 10.4 Å². The molecule has 4 N–H and O–H groups in total. The summed E-state index contributed by atoms with van der Waals surface area (Å²) >= 11 is 0. The molecule has 0 atom stereocenters. The van der Waals surface area contributed by atoms with Crippen LogP contribution in [-0.4, -0.2) is 40.9 Å². The first-order valence-corrected chi connectivity index (χ1v) is 10.2. The zero-order valence-corrected chi connectivity index (χ0v) is 18.6. The lowest BCUT2D eigenvalue weighted by atomic mass is 10.1. The van der Waals surface area contributed by atoms with Gasteiger partial charge in [-0.05, 0) is 30.3 Å². The van der Waals surface area contributed by atoms with Crippen LogP contribution in [0.25, 0.3) is 10.9 Å². The number of fused-ring (bicyclic) bond motifs is 1. The number of methoxy groups -OCH3 is 1. The van der Waals surface area contributed by atoms with E-state index in [4.69, 9.17) is 4.74 Å². The summed E-state index contributed by atoms with van der Waals surface area (Å²) in [5, 5.41) is 15.4. The van der Waals surface area contributed by atoms with Gasteiger partial charge in [-0.1, -0.05) is 0 Å². The number of pyridine rings is 1. The molecule has 0 fully saturated rings. The molecule has 34 heavy (non-hydrogen) atoms. The minimum atomic E-state index is -0.579. The van der Waals surface area contributed by atoms with E-state index in [1.807, 2.05) is 0 Å². The van der Waals surface area contributed by atoms with Crippen LogP contribution in [0.3, 0.4) is 0 Å². The number of rotatable bonds is 6. The molecule has 11 heteroatoms. The number of aryl methyl sites for hydroxylation is 1. The second-order valence-electron chi connectivity index (χ2n) is 7.31. The maximum atomic E-state index is 14.9. The highest BCUT2D eigenvalue weighted by atomic mass is 19.1. The average Bonchev–Trinajstić information content (AvgIpc) is 3.23. The zero-order chi connectivity index (χ0) is 24.2. The third-order valence-electron chi connectivity index (χ3n) is 4.99. The predicted octanol–water partition coefficient (Wildman–Crippen LogP) is 3.86. The number of urea groups is 1. The predicted molar refractivity (Wildman–Crippen MR) is 127 cm³/mol. The van der Waals surface area contributed by atoms with Crippen molar-refractivity contribution in [1.29, 1.82) is 0 Å². The van der Waals surface area contributed by atoms with E-state index in [-0.39, 0.29) is 17.3 Å². The van der Waals surface area contributed by atoms with Gasteiger partial charge in [-0.25, -0.2) is 9.18 Å². The van der Waals surface area contributed by atoms with Crippen LogP contribution in [0.4, 0.5) is 31.9 Å². The Labute approximate surface area is 194 Å². The van der Waals surface area contributed by atoms with Gasteiger partial charge in [0.1, 0.15) is 11.6 Å². The molecule has 0 aliphatic carbocycles. The number of aromatic nitrogens is 3. The monoisotopic (exact) mass is 463 g/mol. The molecule has 4 rings (SSSR count). The number of hydrogen-bond donors (Lipinski definition) is 4. The molecule has 3 amide bonds. The van der Waals surface area contributed by atoms with Crippen LogP contribution in [0.5, 0.6) is 5.75 Å². The Morgan fingerprint density at radius 2 is 1.85 bits per heavy atom. The Kier molecular flexibility index (Phi) is 6.26. The van der Waals surface area contributed by atoms with Crippen molar-refractivity contribution in [1.82, 2.24) is 20.1 Å². The number of halogens is 1. The lowest BCUT2D eigenvalue weighted by Gasteiger charge is -2.14. The molecule has 174 valence electrons. The quantitative estimate of drug-likeness (QED) is 0.344. The Bertz CT molecular complexity index is 1390. The largest absolute Gasteiger partial charge is 0.496 e. The minimum absolute atomic E-state index is 0.183. The topological polar surface area (TPSA) is 122 Å². The van der Waals surface area contributed by atoms with Crippen LogP contribution in [0, 0.1) is 5.82 Å². The van der Waals surface area contributed by atoms with E-state index >= 15 is 0 Å². The summed E-state index contributed by atoms with van der Waals surface area (Å²) in [6.07, 6.45) is 4.70. The fourth-order valence-electron chi connectivity index (χ4n) is 3.38. The standard InChI is InChI=1S/C23H22FN7O3/c1-25-22(32)16-9-15-18(6-7-26-20(15)10-21(16)34-3)30-19-5-4-13(8-17(19)24)28-23(33)29-14-11-27-31(2)12-14/h4-12H,1-3H3,(H,25,32)(H,26,30)(H2,28,29,33). The molecule has 0 radical (unpaired) electrons. The van der Waals surface area contributed by atoms with Crippen molar-refractivity contribution in [3.63, 3.8) is 0 Å². The first-order valence-electron chi connectivity index (χ1n) is 10.2. The van der Waals surface area contributed by atoms with E-state index in [1.165, 1.54) is 32.5 Å². The lowest BCUT2D eigenvalue weighted by Crippen LogP contribution is -2.19. The third kappa shape index (κ3) is 4.72. The molecule has 0 unspecified atom stereocenters. The van der Waals surface area contributed by atoms with Crippen molar-refractivity contribution in [2.45, 2.75) is 0 Å². The van der Waals surface area contributed by atoms with Gasteiger partial charge in [-0.15, -0.1) is 0 Å². The van der Waals surface area contributed by atoms with E-state index in [1.54, 1.807) is 48.4 Å². The normalized spacial score (nSPS) is 10.6. The number of nitrogens with one attached hydrogen (secondary N) is 4. The molecule has 0 aliphatic rings. The maximum absolute atomic E-state index is 14.9. The fraction of sp³-hybridized carbons (Fsp3) is 0.130. The minimum Gasteiger partial charge on any atom is -0.496 e. The van der Waals surface area contributed by atoms with Gasteiger partial charge in [0.15, 0.2) is 0 Å². The molecule has 4 aromatic rings. The molecule has 0 saturated heterocycles. The fourth-order valence-corrected chi connectivity index (χ4v) is 3.38. The Hall–Kier alpha value is -4.67.